The van der Waals surface area contributed by atoms with Crippen molar-refractivity contribution in [3.63, 3.8) is 0 Å². The standard InChI is InChI=1S/C31H25BrN6O2/c1-18(2)25-11-9-24-29(37-25)34-17-35-30(24)38-27-16-20(31(39)36-22-6-4-21(32)5-7-22)3-12-28(27)40-23-8-10-26-19(15-23)13-14-33-26/h3-18,33H,1-2H3,(H,36,39)(H,34,35,37,38). The van der Waals surface area contributed by atoms with Gasteiger partial charge in [-0.05, 0) is 84.8 Å². The van der Waals surface area contributed by atoms with Crippen molar-refractivity contribution in [1.82, 2.24) is 19.9 Å². The molecule has 0 unspecified atom stereocenters. The van der Waals surface area contributed by atoms with Crippen molar-refractivity contribution in [1.29, 1.82) is 0 Å². The van der Waals surface area contributed by atoms with E-state index in [1.807, 2.05) is 66.9 Å². The van der Waals surface area contributed by atoms with Crippen molar-refractivity contribution < 1.29 is 9.53 Å². The maximum absolute atomic E-state index is 13.2. The Morgan fingerprint density at radius 2 is 1.80 bits per heavy atom. The number of nitrogens with zero attached hydrogens (tertiary/aromatic N) is 3. The van der Waals surface area contributed by atoms with Gasteiger partial charge in [0.2, 0.25) is 0 Å². The molecule has 6 rings (SSSR count). The predicted molar refractivity (Wildman–Crippen MR) is 162 cm³/mol. The number of ether oxygens (including phenoxy) is 1. The number of fused-ring (bicyclic) bond motifs is 2. The molecular weight excluding hydrogens is 568 g/mol. The van der Waals surface area contributed by atoms with Crippen molar-refractivity contribution in [3.05, 3.63) is 107 Å². The first kappa shape index (κ1) is 25.5. The Bertz CT molecular complexity index is 1850. The Kier molecular flexibility index (Phi) is 6.88. The maximum atomic E-state index is 13.2. The summed E-state index contributed by atoms with van der Waals surface area (Å²) in [4.78, 5) is 29.9. The van der Waals surface area contributed by atoms with Gasteiger partial charge >= 0.3 is 0 Å². The van der Waals surface area contributed by atoms with E-state index in [9.17, 15) is 4.79 Å². The summed E-state index contributed by atoms with van der Waals surface area (Å²) in [6, 6.07) is 24.4. The lowest BCUT2D eigenvalue weighted by atomic mass is 10.1. The number of halogens is 1. The van der Waals surface area contributed by atoms with Crippen LogP contribution in [-0.4, -0.2) is 25.8 Å². The van der Waals surface area contributed by atoms with Crippen LogP contribution in [0.4, 0.5) is 17.2 Å². The Labute approximate surface area is 239 Å². The molecule has 0 atom stereocenters. The van der Waals surface area contributed by atoms with E-state index in [1.54, 1.807) is 18.2 Å². The molecule has 40 heavy (non-hydrogen) atoms. The van der Waals surface area contributed by atoms with Crippen LogP contribution in [0.25, 0.3) is 21.9 Å². The Morgan fingerprint density at radius 1 is 0.950 bits per heavy atom. The third-order valence-corrected chi connectivity index (χ3v) is 6.99. The third-order valence-electron chi connectivity index (χ3n) is 6.46. The second-order valence-electron chi connectivity index (χ2n) is 9.61. The van der Waals surface area contributed by atoms with Crippen molar-refractivity contribution in [2.45, 2.75) is 19.8 Å². The van der Waals surface area contributed by atoms with Crippen LogP contribution >= 0.6 is 15.9 Å². The maximum Gasteiger partial charge on any atom is 0.255 e. The average Bonchev–Trinajstić information content (AvgIpc) is 3.43. The molecule has 0 radical (unpaired) electrons. The summed E-state index contributed by atoms with van der Waals surface area (Å²) in [5.41, 5.74) is 4.28. The third kappa shape index (κ3) is 5.37. The van der Waals surface area contributed by atoms with E-state index in [1.165, 1.54) is 6.33 Å². The average molecular weight is 593 g/mol. The fraction of sp³-hybridized carbons (Fsp3) is 0.0968. The number of hydrogen-bond donors (Lipinski definition) is 3. The van der Waals surface area contributed by atoms with Crippen molar-refractivity contribution in [2.75, 3.05) is 10.6 Å². The van der Waals surface area contributed by atoms with Gasteiger partial charge in [0.25, 0.3) is 5.91 Å². The zero-order valence-corrected chi connectivity index (χ0v) is 23.4. The lowest BCUT2D eigenvalue weighted by Crippen LogP contribution is -2.12. The molecule has 0 spiro atoms. The fourth-order valence-electron chi connectivity index (χ4n) is 4.32. The van der Waals surface area contributed by atoms with Gasteiger partial charge in [0.15, 0.2) is 11.4 Å². The summed E-state index contributed by atoms with van der Waals surface area (Å²) in [6.07, 6.45) is 3.37. The highest BCUT2D eigenvalue weighted by molar-refractivity contribution is 9.10. The molecule has 6 aromatic rings. The number of aromatic nitrogens is 4. The second-order valence-corrected chi connectivity index (χ2v) is 10.5. The highest BCUT2D eigenvalue weighted by Crippen LogP contribution is 2.35. The fourth-order valence-corrected chi connectivity index (χ4v) is 4.59. The zero-order chi connectivity index (χ0) is 27.6. The predicted octanol–water partition coefficient (Wildman–Crippen LogP) is 8.18. The molecule has 8 nitrogen and oxygen atoms in total. The van der Waals surface area contributed by atoms with Crippen LogP contribution in [0.3, 0.4) is 0 Å². The summed E-state index contributed by atoms with van der Waals surface area (Å²) in [7, 11) is 0. The van der Waals surface area contributed by atoms with Gasteiger partial charge in [0.05, 0.1) is 11.1 Å². The lowest BCUT2D eigenvalue weighted by Gasteiger charge is -2.16. The van der Waals surface area contributed by atoms with Crippen LogP contribution in [-0.2, 0) is 0 Å². The summed E-state index contributed by atoms with van der Waals surface area (Å²) in [6.45, 7) is 4.18. The number of nitrogens with one attached hydrogen (secondary N) is 3. The Hall–Kier alpha value is -4.76. The number of amides is 1. The molecule has 198 valence electrons. The molecule has 9 heteroatoms. The molecule has 3 aromatic heterocycles. The monoisotopic (exact) mass is 592 g/mol. The molecule has 0 bridgehead atoms. The minimum Gasteiger partial charge on any atom is -0.455 e. The molecule has 0 aliphatic heterocycles. The number of carbonyl (C=O) groups is 1. The van der Waals surface area contributed by atoms with Crippen molar-refractivity contribution in [2.24, 2.45) is 0 Å². The highest BCUT2D eigenvalue weighted by atomic mass is 79.9. The van der Waals surface area contributed by atoms with E-state index in [-0.39, 0.29) is 11.8 Å². The Balaban J connectivity index is 1.37. The molecule has 0 saturated carbocycles. The zero-order valence-electron chi connectivity index (χ0n) is 21.8. The van der Waals surface area contributed by atoms with E-state index in [2.05, 4.69) is 55.4 Å². The van der Waals surface area contributed by atoms with Gasteiger partial charge in [-0.2, -0.15) is 0 Å². The summed E-state index contributed by atoms with van der Waals surface area (Å²) < 4.78 is 7.25. The highest BCUT2D eigenvalue weighted by Gasteiger charge is 2.15. The second kappa shape index (κ2) is 10.8. The number of hydrogen-bond acceptors (Lipinski definition) is 6. The van der Waals surface area contributed by atoms with Crippen LogP contribution in [0.5, 0.6) is 11.5 Å². The van der Waals surface area contributed by atoms with E-state index in [0.29, 0.717) is 39.9 Å². The molecule has 0 aliphatic rings. The molecule has 0 fully saturated rings. The first-order valence-electron chi connectivity index (χ1n) is 12.8. The molecular formula is C31H25BrN6O2. The number of aromatic amines is 1. The normalized spacial score (nSPS) is 11.2. The molecule has 0 aliphatic carbocycles. The SMILES string of the molecule is CC(C)c1ccc2c(Nc3cc(C(=O)Nc4ccc(Br)cc4)ccc3Oc3ccc4[nH]ccc4c3)ncnc2n1. The largest absolute Gasteiger partial charge is 0.455 e. The minimum atomic E-state index is -0.249. The van der Waals surface area contributed by atoms with Crippen molar-refractivity contribution >= 4 is 61.0 Å². The number of anilines is 3. The number of rotatable bonds is 7. The van der Waals surface area contributed by atoms with Gasteiger partial charge in [-0.15, -0.1) is 0 Å². The van der Waals surface area contributed by atoms with E-state index in [0.717, 1.165) is 26.5 Å². The number of H-pyrrole nitrogens is 1. The van der Waals surface area contributed by atoms with Gasteiger partial charge in [0.1, 0.15) is 17.9 Å². The summed E-state index contributed by atoms with van der Waals surface area (Å²) >= 11 is 3.42. The van der Waals surface area contributed by atoms with Gasteiger partial charge in [0, 0.05) is 38.5 Å². The molecule has 3 aromatic carbocycles. The molecule has 3 heterocycles. The van der Waals surface area contributed by atoms with E-state index in [4.69, 9.17) is 9.72 Å². The van der Waals surface area contributed by atoms with Crippen LogP contribution < -0.4 is 15.4 Å². The first-order valence-corrected chi connectivity index (χ1v) is 13.6. The van der Waals surface area contributed by atoms with Crippen LogP contribution in [0.1, 0.15) is 35.8 Å². The first-order chi connectivity index (χ1) is 19.4. The lowest BCUT2D eigenvalue weighted by molar-refractivity contribution is 0.102. The molecule has 0 saturated heterocycles. The van der Waals surface area contributed by atoms with E-state index >= 15 is 0 Å². The number of carbonyl (C=O) groups excluding carboxylic acids is 1. The quantitative estimate of drug-likeness (QED) is 0.172. The topological polar surface area (TPSA) is 105 Å². The van der Waals surface area contributed by atoms with Gasteiger partial charge in [-0.3, -0.25) is 4.79 Å². The van der Waals surface area contributed by atoms with Crippen LogP contribution in [0.15, 0.2) is 95.9 Å². The smallest absolute Gasteiger partial charge is 0.255 e. The van der Waals surface area contributed by atoms with Crippen LogP contribution in [0.2, 0.25) is 0 Å². The Morgan fingerprint density at radius 3 is 2.62 bits per heavy atom. The van der Waals surface area contributed by atoms with Gasteiger partial charge in [-0.1, -0.05) is 29.8 Å². The number of pyridine rings is 1. The van der Waals surface area contributed by atoms with E-state index < -0.39 is 0 Å². The molecule has 3 N–H and O–H groups in total. The molecule has 1 amide bonds. The minimum absolute atomic E-state index is 0.249. The van der Waals surface area contributed by atoms with Crippen molar-refractivity contribution in [3.8, 4) is 11.5 Å². The van der Waals surface area contributed by atoms with Gasteiger partial charge in [-0.25, -0.2) is 15.0 Å². The summed E-state index contributed by atoms with van der Waals surface area (Å²) in [5.74, 6) is 1.78. The number of benzene rings is 3. The van der Waals surface area contributed by atoms with Crippen LogP contribution in [0, 0.1) is 0 Å². The summed E-state index contributed by atoms with van der Waals surface area (Å²) in [5, 5.41) is 8.11. The van der Waals surface area contributed by atoms with Gasteiger partial charge < -0.3 is 20.4 Å².